The van der Waals surface area contributed by atoms with E-state index >= 15 is 0 Å². The van der Waals surface area contributed by atoms with Gasteiger partial charge in [0.1, 0.15) is 6.04 Å². The summed E-state index contributed by atoms with van der Waals surface area (Å²) in [6.45, 7) is 4.26. The molecule has 28 heavy (non-hydrogen) atoms. The topological polar surface area (TPSA) is 49.4 Å². The Morgan fingerprint density at radius 3 is 2.29 bits per heavy atom. The van der Waals surface area contributed by atoms with Crippen LogP contribution in [0.1, 0.15) is 37.8 Å². The number of benzene rings is 2. The van der Waals surface area contributed by atoms with Gasteiger partial charge in [0.25, 0.3) is 0 Å². The number of carbonyl (C=O) groups is 2. The summed E-state index contributed by atoms with van der Waals surface area (Å²) in [6, 6.07) is 11.7. The average molecular weight is 442 g/mol. The number of nitrogens with one attached hydrogen (secondary N) is 1. The molecule has 0 radical (unpaired) electrons. The van der Waals surface area contributed by atoms with E-state index in [4.69, 9.17) is 34.8 Å². The number of halogens is 3. The smallest absolute Gasteiger partial charge is 0.242 e. The van der Waals surface area contributed by atoms with E-state index < -0.39 is 6.04 Å². The molecule has 0 aliphatic carbocycles. The predicted octanol–water partition coefficient (Wildman–Crippen LogP) is 5.48. The second-order valence-corrected chi connectivity index (χ2v) is 7.81. The summed E-state index contributed by atoms with van der Waals surface area (Å²) in [7, 11) is 0. The molecule has 7 heteroatoms. The standard InChI is InChI=1S/C21H23Cl3N2O2/c1-3-4-20(27)26(13-15-5-8-17(22)9-6-15)14(2)21(28)25-12-16-7-10-18(23)11-19(16)24/h5-11,14H,3-4,12-13H2,1-2H3,(H,25,28)/t14-/m0/s1. The van der Waals surface area contributed by atoms with Gasteiger partial charge in [0.15, 0.2) is 0 Å². The lowest BCUT2D eigenvalue weighted by molar-refractivity contribution is -0.140. The SMILES string of the molecule is CCCC(=O)N(Cc1ccc(Cl)cc1)[C@@H](C)C(=O)NCc1ccc(Cl)cc1Cl. The minimum Gasteiger partial charge on any atom is -0.350 e. The Morgan fingerprint density at radius 1 is 1.04 bits per heavy atom. The van der Waals surface area contributed by atoms with Crippen molar-refractivity contribution >= 4 is 46.6 Å². The molecule has 0 spiro atoms. The van der Waals surface area contributed by atoms with Crippen molar-refractivity contribution in [1.82, 2.24) is 10.2 Å². The van der Waals surface area contributed by atoms with Gasteiger partial charge in [0.2, 0.25) is 11.8 Å². The molecule has 0 unspecified atom stereocenters. The summed E-state index contributed by atoms with van der Waals surface area (Å²) in [6.07, 6.45) is 1.10. The Balaban J connectivity index is 2.08. The highest BCUT2D eigenvalue weighted by Gasteiger charge is 2.25. The lowest BCUT2D eigenvalue weighted by atomic mass is 10.1. The summed E-state index contributed by atoms with van der Waals surface area (Å²) >= 11 is 18.0. The maximum atomic E-state index is 12.7. The third-order valence-corrected chi connectivity index (χ3v) is 5.20. The van der Waals surface area contributed by atoms with Gasteiger partial charge in [0.05, 0.1) is 0 Å². The number of hydrogen-bond donors (Lipinski definition) is 1. The number of amides is 2. The van der Waals surface area contributed by atoms with E-state index in [2.05, 4.69) is 5.32 Å². The Labute approximate surface area is 180 Å². The van der Waals surface area contributed by atoms with E-state index in [0.717, 1.165) is 11.1 Å². The van der Waals surface area contributed by atoms with Crippen LogP contribution in [0.5, 0.6) is 0 Å². The van der Waals surface area contributed by atoms with Crippen molar-refractivity contribution in [3.8, 4) is 0 Å². The first-order chi connectivity index (χ1) is 13.3. The van der Waals surface area contributed by atoms with Crippen molar-refractivity contribution in [1.29, 1.82) is 0 Å². The van der Waals surface area contributed by atoms with Crippen LogP contribution in [0.15, 0.2) is 42.5 Å². The Bertz CT molecular complexity index is 825. The maximum absolute atomic E-state index is 12.7. The number of hydrogen-bond acceptors (Lipinski definition) is 2. The molecule has 0 aliphatic rings. The zero-order valence-electron chi connectivity index (χ0n) is 15.8. The second kappa shape index (κ2) is 10.7. The lowest BCUT2D eigenvalue weighted by Crippen LogP contribution is -2.47. The Kier molecular flexibility index (Phi) is 8.61. The summed E-state index contributed by atoms with van der Waals surface area (Å²) in [5, 5.41) is 4.50. The molecule has 0 saturated carbocycles. The zero-order valence-corrected chi connectivity index (χ0v) is 18.1. The Morgan fingerprint density at radius 2 is 1.68 bits per heavy atom. The quantitative estimate of drug-likeness (QED) is 0.589. The van der Waals surface area contributed by atoms with Crippen LogP contribution in [0.3, 0.4) is 0 Å². The van der Waals surface area contributed by atoms with E-state index in [9.17, 15) is 9.59 Å². The van der Waals surface area contributed by atoms with Gasteiger partial charge in [-0.3, -0.25) is 9.59 Å². The zero-order chi connectivity index (χ0) is 20.7. The molecule has 0 fully saturated rings. The third-order valence-electron chi connectivity index (χ3n) is 4.37. The van der Waals surface area contributed by atoms with E-state index in [0.29, 0.717) is 34.5 Å². The minimum absolute atomic E-state index is 0.0652. The molecule has 2 aromatic carbocycles. The lowest BCUT2D eigenvalue weighted by Gasteiger charge is -2.29. The van der Waals surface area contributed by atoms with Crippen molar-refractivity contribution in [2.75, 3.05) is 0 Å². The molecule has 1 N–H and O–H groups in total. The van der Waals surface area contributed by atoms with E-state index in [1.165, 1.54) is 0 Å². The highest BCUT2D eigenvalue weighted by atomic mass is 35.5. The fourth-order valence-electron chi connectivity index (χ4n) is 2.72. The molecule has 0 aliphatic heterocycles. The van der Waals surface area contributed by atoms with Gasteiger partial charge in [-0.15, -0.1) is 0 Å². The van der Waals surface area contributed by atoms with Gasteiger partial charge in [-0.05, 0) is 48.7 Å². The fourth-order valence-corrected chi connectivity index (χ4v) is 3.32. The Hall–Kier alpha value is -1.75. The van der Waals surface area contributed by atoms with Gasteiger partial charge >= 0.3 is 0 Å². The molecular weight excluding hydrogens is 419 g/mol. The van der Waals surface area contributed by atoms with Crippen LogP contribution < -0.4 is 5.32 Å². The van der Waals surface area contributed by atoms with Gasteiger partial charge < -0.3 is 10.2 Å². The first-order valence-corrected chi connectivity index (χ1v) is 10.2. The number of nitrogens with zero attached hydrogens (tertiary/aromatic N) is 1. The minimum atomic E-state index is -0.624. The van der Waals surface area contributed by atoms with Gasteiger partial charge in [-0.1, -0.05) is 59.9 Å². The summed E-state index contributed by atoms with van der Waals surface area (Å²) in [5.74, 6) is -0.311. The second-order valence-electron chi connectivity index (χ2n) is 6.53. The van der Waals surface area contributed by atoms with Crippen LogP contribution in [0.4, 0.5) is 0 Å². The van der Waals surface area contributed by atoms with Gasteiger partial charge in [0, 0.05) is 34.6 Å². The summed E-state index contributed by atoms with van der Waals surface area (Å²) in [5.41, 5.74) is 1.67. The number of carbonyl (C=O) groups excluding carboxylic acids is 2. The van der Waals surface area contributed by atoms with Crippen molar-refractivity contribution in [2.24, 2.45) is 0 Å². The highest BCUT2D eigenvalue weighted by molar-refractivity contribution is 6.35. The fraction of sp³-hybridized carbons (Fsp3) is 0.333. The first kappa shape index (κ1) is 22.5. The van der Waals surface area contributed by atoms with Gasteiger partial charge in [-0.2, -0.15) is 0 Å². The molecule has 0 heterocycles. The van der Waals surface area contributed by atoms with Crippen molar-refractivity contribution < 1.29 is 9.59 Å². The molecule has 4 nitrogen and oxygen atoms in total. The van der Waals surface area contributed by atoms with E-state index in [1.54, 1.807) is 42.2 Å². The molecule has 2 rings (SSSR count). The molecular formula is C21H23Cl3N2O2. The molecule has 150 valence electrons. The highest BCUT2D eigenvalue weighted by Crippen LogP contribution is 2.21. The molecule has 0 saturated heterocycles. The van der Waals surface area contributed by atoms with Crippen LogP contribution in [0.25, 0.3) is 0 Å². The van der Waals surface area contributed by atoms with E-state index in [-0.39, 0.29) is 18.4 Å². The van der Waals surface area contributed by atoms with Crippen LogP contribution in [-0.2, 0) is 22.7 Å². The van der Waals surface area contributed by atoms with Crippen LogP contribution in [-0.4, -0.2) is 22.8 Å². The largest absolute Gasteiger partial charge is 0.350 e. The van der Waals surface area contributed by atoms with Crippen LogP contribution in [0.2, 0.25) is 15.1 Å². The van der Waals surface area contributed by atoms with Crippen molar-refractivity contribution in [2.45, 2.75) is 45.8 Å². The third kappa shape index (κ3) is 6.40. The summed E-state index contributed by atoms with van der Waals surface area (Å²) < 4.78 is 0. The molecule has 0 bridgehead atoms. The van der Waals surface area contributed by atoms with Crippen molar-refractivity contribution in [3.05, 3.63) is 68.7 Å². The average Bonchev–Trinajstić information content (AvgIpc) is 2.66. The maximum Gasteiger partial charge on any atom is 0.242 e. The normalized spacial score (nSPS) is 11.8. The number of rotatable bonds is 8. The first-order valence-electron chi connectivity index (χ1n) is 9.07. The summed E-state index contributed by atoms with van der Waals surface area (Å²) in [4.78, 5) is 26.9. The molecule has 1 atom stereocenters. The molecule has 0 aromatic heterocycles. The predicted molar refractivity (Wildman–Crippen MR) is 115 cm³/mol. The van der Waals surface area contributed by atoms with Gasteiger partial charge in [-0.25, -0.2) is 0 Å². The van der Waals surface area contributed by atoms with E-state index in [1.807, 2.05) is 19.1 Å². The van der Waals surface area contributed by atoms with Crippen molar-refractivity contribution in [3.63, 3.8) is 0 Å². The molecule has 2 aromatic rings. The van der Waals surface area contributed by atoms with Crippen LogP contribution >= 0.6 is 34.8 Å². The van der Waals surface area contributed by atoms with Crippen LogP contribution in [0, 0.1) is 0 Å². The monoisotopic (exact) mass is 440 g/mol. The molecule has 2 amide bonds.